The molecule has 0 spiro atoms. The van der Waals surface area contributed by atoms with Crippen molar-refractivity contribution in [3.63, 3.8) is 0 Å². The lowest BCUT2D eigenvalue weighted by molar-refractivity contribution is -0.132. The van der Waals surface area contributed by atoms with E-state index in [1.54, 1.807) is 21.3 Å². The molecule has 2 aromatic carbocycles. The zero-order valence-corrected chi connectivity index (χ0v) is 18.1. The third-order valence-corrected chi connectivity index (χ3v) is 5.88. The average Bonchev–Trinajstić information content (AvgIpc) is 3.23. The molecule has 5 nitrogen and oxygen atoms in total. The first-order valence-corrected chi connectivity index (χ1v) is 10.1. The maximum absolute atomic E-state index is 13.1. The molecule has 29 heavy (non-hydrogen) atoms. The first kappa shape index (κ1) is 21.0. The zero-order chi connectivity index (χ0) is 21.0. The Balaban J connectivity index is 1.74. The Morgan fingerprint density at radius 3 is 2.41 bits per heavy atom. The number of amides is 1. The quantitative estimate of drug-likeness (QED) is 0.684. The number of aryl methyl sites for hydroxylation is 3. The smallest absolute Gasteiger partial charge is 0.223 e. The molecule has 2 aromatic rings. The van der Waals surface area contributed by atoms with Gasteiger partial charge in [0.2, 0.25) is 11.7 Å². The first-order chi connectivity index (χ1) is 14.0. The van der Waals surface area contributed by atoms with Gasteiger partial charge in [0.25, 0.3) is 0 Å². The molecule has 0 bridgehead atoms. The summed E-state index contributed by atoms with van der Waals surface area (Å²) in [5.41, 5.74) is 4.74. The Labute approximate surface area is 173 Å². The van der Waals surface area contributed by atoms with Gasteiger partial charge in [-0.15, -0.1) is 0 Å². The first-order valence-electron chi connectivity index (χ1n) is 10.1. The van der Waals surface area contributed by atoms with Gasteiger partial charge in [0, 0.05) is 13.0 Å². The lowest BCUT2D eigenvalue weighted by Gasteiger charge is -2.26. The van der Waals surface area contributed by atoms with Gasteiger partial charge in [-0.1, -0.05) is 24.3 Å². The number of hydrogen-bond donors (Lipinski definition) is 0. The Morgan fingerprint density at radius 2 is 1.76 bits per heavy atom. The fraction of sp³-hybridized carbons (Fsp3) is 0.458. The highest BCUT2D eigenvalue weighted by atomic mass is 16.5. The number of rotatable bonds is 7. The lowest BCUT2D eigenvalue weighted by Crippen LogP contribution is -2.30. The number of nitrogens with zero attached hydrogens (tertiary/aromatic N) is 1. The summed E-state index contributed by atoms with van der Waals surface area (Å²) < 4.78 is 16.3. The van der Waals surface area contributed by atoms with Gasteiger partial charge < -0.3 is 19.1 Å². The summed E-state index contributed by atoms with van der Waals surface area (Å²) in [6.45, 7) is 5.07. The van der Waals surface area contributed by atoms with Crippen LogP contribution in [0.15, 0.2) is 30.3 Å². The summed E-state index contributed by atoms with van der Waals surface area (Å²) in [5, 5.41) is 0. The van der Waals surface area contributed by atoms with Crippen molar-refractivity contribution >= 4 is 5.91 Å². The molecule has 1 fully saturated rings. The van der Waals surface area contributed by atoms with Crippen molar-refractivity contribution in [1.29, 1.82) is 0 Å². The number of benzene rings is 2. The molecule has 5 heteroatoms. The van der Waals surface area contributed by atoms with Crippen molar-refractivity contribution in [1.82, 2.24) is 4.90 Å². The molecule has 0 radical (unpaired) electrons. The predicted molar refractivity (Wildman–Crippen MR) is 114 cm³/mol. The molecule has 1 amide bonds. The van der Waals surface area contributed by atoms with Crippen molar-refractivity contribution in [2.45, 2.75) is 45.6 Å². The highest BCUT2D eigenvalue weighted by molar-refractivity contribution is 5.77. The second-order valence-electron chi connectivity index (χ2n) is 7.58. The second kappa shape index (κ2) is 9.21. The number of ether oxygens (including phenoxy) is 3. The van der Waals surface area contributed by atoms with E-state index in [1.807, 2.05) is 17.0 Å². The van der Waals surface area contributed by atoms with E-state index in [2.05, 4.69) is 32.0 Å². The largest absolute Gasteiger partial charge is 0.493 e. The summed E-state index contributed by atoms with van der Waals surface area (Å²) in [6.07, 6.45) is 3.10. The van der Waals surface area contributed by atoms with Crippen LogP contribution in [0, 0.1) is 13.8 Å². The maximum atomic E-state index is 13.1. The zero-order valence-electron chi connectivity index (χ0n) is 18.1. The van der Waals surface area contributed by atoms with Crippen molar-refractivity contribution in [3.8, 4) is 17.2 Å². The third kappa shape index (κ3) is 4.34. The van der Waals surface area contributed by atoms with Crippen molar-refractivity contribution < 1.29 is 19.0 Å². The van der Waals surface area contributed by atoms with Crippen LogP contribution >= 0.6 is 0 Å². The SMILES string of the molecule is COc1ccc(CCC(=O)N2CCCC2c2ccc(C)c(C)c2)c(OC)c1OC. The van der Waals surface area contributed by atoms with Crippen molar-refractivity contribution in [2.24, 2.45) is 0 Å². The van der Waals surface area contributed by atoms with Crippen LogP contribution in [0.4, 0.5) is 0 Å². The highest BCUT2D eigenvalue weighted by Gasteiger charge is 2.30. The van der Waals surface area contributed by atoms with E-state index >= 15 is 0 Å². The summed E-state index contributed by atoms with van der Waals surface area (Å²) in [6, 6.07) is 10.5. The van der Waals surface area contributed by atoms with E-state index < -0.39 is 0 Å². The fourth-order valence-electron chi connectivity index (χ4n) is 4.13. The molecule has 1 heterocycles. The van der Waals surface area contributed by atoms with E-state index in [4.69, 9.17) is 14.2 Å². The summed E-state index contributed by atoms with van der Waals surface area (Å²) in [7, 11) is 4.80. The van der Waals surface area contributed by atoms with Gasteiger partial charge in [-0.05, 0) is 61.4 Å². The lowest BCUT2D eigenvalue weighted by atomic mass is 9.99. The number of carbonyl (C=O) groups is 1. The van der Waals surface area contributed by atoms with Gasteiger partial charge in [0.15, 0.2) is 11.5 Å². The van der Waals surface area contributed by atoms with Gasteiger partial charge in [0.05, 0.1) is 27.4 Å². The Bertz CT molecular complexity index is 877. The Morgan fingerprint density at radius 1 is 1.00 bits per heavy atom. The van der Waals surface area contributed by atoms with Crippen LogP contribution in [0.25, 0.3) is 0 Å². The predicted octanol–water partition coefficient (Wildman–Crippen LogP) is 4.63. The molecule has 0 N–H and O–H groups in total. The van der Waals surface area contributed by atoms with E-state index in [0.29, 0.717) is 30.1 Å². The van der Waals surface area contributed by atoms with Crippen LogP contribution in [-0.4, -0.2) is 38.7 Å². The minimum Gasteiger partial charge on any atom is -0.493 e. The van der Waals surface area contributed by atoms with E-state index in [-0.39, 0.29) is 11.9 Å². The molecule has 3 rings (SSSR count). The summed E-state index contributed by atoms with van der Waals surface area (Å²) in [4.78, 5) is 15.1. The van der Waals surface area contributed by atoms with Crippen molar-refractivity contribution in [3.05, 3.63) is 52.6 Å². The molecule has 1 aliphatic rings. The van der Waals surface area contributed by atoms with Crippen LogP contribution in [-0.2, 0) is 11.2 Å². The van der Waals surface area contributed by atoms with E-state index in [1.165, 1.54) is 16.7 Å². The number of likely N-dealkylation sites (tertiary alicyclic amines) is 1. The topological polar surface area (TPSA) is 48.0 Å². The average molecular weight is 398 g/mol. The van der Waals surface area contributed by atoms with Gasteiger partial charge in [-0.25, -0.2) is 0 Å². The maximum Gasteiger partial charge on any atom is 0.223 e. The van der Waals surface area contributed by atoms with Gasteiger partial charge in [-0.3, -0.25) is 4.79 Å². The van der Waals surface area contributed by atoms with Gasteiger partial charge >= 0.3 is 0 Å². The van der Waals surface area contributed by atoms with E-state index in [0.717, 1.165) is 24.9 Å². The highest BCUT2D eigenvalue weighted by Crippen LogP contribution is 2.40. The molecular formula is C24H31NO4. The van der Waals surface area contributed by atoms with Crippen LogP contribution in [0.3, 0.4) is 0 Å². The summed E-state index contributed by atoms with van der Waals surface area (Å²) in [5.74, 6) is 2.00. The normalized spacial score (nSPS) is 16.0. The number of methoxy groups -OCH3 is 3. The second-order valence-corrected chi connectivity index (χ2v) is 7.58. The summed E-state index contributed by atoms with van der Waals surface area (Å²) >= 11 is 0. The fourth-order valence-corrected chi connectivity index (χ4v) is 4.13. The minimum absolute atomic E-state index is 0.175. The van der Waals surface area contributed by atoms with Crippen molar-refractivity contribution in [2.75, 3.05) is 27.9 Å². The molecule has 1 saturated heterocycles. The molecule has 1 unspecified atom stereocenters. The third-order valence-electron chi connectivity index (χ3n) is 5.88. The number of hydrogen-bond acceptors (Lipinski definition) is 4. The van der Waals surface area contributed by atoms with E-state index in [9.17, 15) is 4.79 Å². The molecule has 1 atom stereocenters. The van der Waals surface area contributed by atoms with Crippen LogP contribution < -0.4 is 14.2 Å². The minimum atomic E-state index is 0.175. The monoisotopic (exact) mass is 397 g/mol. The molecule has 0 saturated carbocycles. The van der Waals surface area contributed by atoms with Crippen LogP contribution in [0.5, 0.6) is 17.2 Å². The Kier molecular flexibility index (Phi) is 6.68. The standard InChI is InChI=1S/C24H31NO4/c1-16-8-9-19(15-17(16)2)20-7-6-14-25(20)22(26)13-11-18-10-12-21(27-3)24(29-5)23(18)28-4/h8-10,12,15,20H,6-7,11,13-14H2,1-5H3. The molecule has 1 aliphatic heterocycles. The van der Waals surface area contributed by atoms with Crippen LogP contribution in [0.1, 0.15) is 47.6 Å². The van der Waals surface area contributed by atoms with Crippen LogP contribution in [0.2, 0.25) is 0 Å². The Hall–Kier alpha value is -2.69. The molecule has 0 aliphatic carbocycles. The molecule has 0 aromatic heterocycles. The number of carbonyl (C=O) groups excluding carboxylic acids is 1. The molecule has 156 valence electrons. The van der Waals surface area contributed by atoms with Gasteiger partial charge in [-0.2, -0.15) is 0 Å². The van der Waals surface area contributed by atoms with Gasteiger partial charge in [0.1, 0.15) is 0 Å². The molecular weight excluding hydrogens is 366 g/mol.